The maximum absolute atomic E-state index is 4.33. The quantitative estimate of drug-likeness (QED) is 0.617. The fourth-order valence-corrected chi connectivity index (χ4v) is 1.64. The average Bonchev–Trinajstić information content (AvgIpc) is 2.46. The molecular formula is C11H14N3+. The van der Waals surface area contributed by atoms with Gasteiger partial charge in [0.1, 0.15) is 12.7 Å². The molecule has 0 aromatic carbocycles. The van der Waals surface area contributed by atoms with E-state index in [0.717, 1.165) is 11.4 Å². The summed E-state index contributed by atoms with van der Waals surface area (Å²) >= 11 is 0. The predicted octanol–water partition coefficient (Wildman–Crippen LogP) is 1.22. The van der Waals surface area contributed by atoms with E-state index < -0.39 is 0 Å². The van der Waals surface area contributed by atoms with Gasteiger partial charge < -0.3 is 0 Å². The van der Waals surface area contributed by atoms with Crippen LogP contribution in [-0.2, 0) is 14.1 Å². The van der Waals surface area contributed by atoms with Gasteiger partial charge >= 0.3 is 0 Å². The maximum Gasteiger partial charge on any atom is 0.230 e. The van der Waals surface area contributed by atoms with Crippen molar-refractivity contribution >= 4 is 0 Å². The Morgan fingerprint density at radius 1 is 1.36 bits per heavy atom. The molecule has 2 heterocycles. The topological polar surface area (TPSA) is 21.7 Å². The van der Waals surface area contributed by atoms with Gasteiger partial charge in [0.05, 0.1) is 5.69 Å². The van der Waals surface area contributed by atoms with Gasteiger partial charge in [0.15, 0.2) is 6.20 Å². The fourth-order valence-electron chi connectivity index (χ4n) is 1.64. The van der Waals surface area contributed by atoms with Gasteiger partial charge in [0.25, 0.3) is 0 Å². The van der Waals surface area contributed by atoms with Gasteiger partial charge in [0, 0.05) is 19.2 Å². The molecule has 0 bridgehead atoms. The van der Waals surface area contributed by atoms with Crippen LogP contribution in [0.25, 0.3) is 11.4 Å². The summed E-state index contributed by atoms with van der Waals surface area (Å²) in [7, 11) is 4.01. The van der Waals surface area contributed by atoms with Crippen LogP contribution in [0.4, 0.5) is 0 Å². The summed E-state index contributed by atoms with van der Waals surface area (Å²) in [5.41, 5.74) is 3.37. The molecule has 0 saturated carbocycles. The first-order valence-corrected chi connectivity index (χ1v) is 4.64. The Morgan fingerprint density at radius 2 is 2.14 bits per heavy atom. The van der Waals surface area contributed by atoms with E-state index in [1.54, 1.807) is 0 Å². The standard InChI is InChI=1S/C11H14N3/c1-9-8-11(14(3)12-9)10-6-4-5-7-13(10)2/h4-8H,1-3H3/q+1. The third-order valence-electron chi connectivity index (χ3n) is 2.32. The summed E-state index contributed by atoms with van der Waals surface area (Å²) in [6.45, 7) is 2.01. The summed E-state index contributed by atoms with van der Waals surface area (Å²) < 4.78 is 4.00. The molecule has 0 atom stereocenters. The number of hydrogen-bond acceptors (Lipinski definition) is 1. The Bertz CT molecular complexity index is 457. The molecule has 2 aromatic rings. The van der Waals surface area contributed by atoms with Crippen molar-refractivity contribution in [1.29, 1.82) is 0 Å². The first-order valence-electron chi connectivity index (χ1n) is 4.64. The van der Waals surface area contributed by atoms with Crippen molar-refractivity contribution in [3.63, 3.8) is 0 Å². The zero-order valence-corrected chi connectivity index (χ0v) is 8.73. The first kappa shape index (κ1) is 8.94. The van der Waals surface area contributed by atoms with Crippen LogP contribution in [0.15, 0.2) is 30.5 Å². The molecule has 3 heteroatoms. The van der Waals surface area contributed by atoms with Crippen LogP contribution in [-0.4, -0.2) is 9.78 Å². The van der Waals surface area contributed by atoms with Crippen molar-refractivity contribution in [1.82, 2.24) is 9.78 Å². The highest BCUT2D eigenvalue weighted by atomic mass is 15.3. The Balaban J connectivity index is 2.60. The molecule has 0 saturated heterocycles. The Kier molecular flexibility index (Phi) is 2.08. The number of aromatic nitrogens is 3. The van der Waals surface area contributed by atoms with E-state index >= 15 is 0 Å². The largest absolute Gasteiger partial charge is 0.262 e. The van der Waals surface area contributed by atoms with Gasteiger partial charge in [-0.2, -0.15) is 9.67 Å². The van der Waals surface area contributed by atoms with E-state index in [1.165, 1.54) is 5.69 Å². The van der Waals surface area contributed by atoms with E-state index in [1.807, 2.05) is 44.0 Å². The van der Waals surface area contributed by atoms with Crippen LogP contribution in [0.2, 0.25) is 0 Å². The molecule has 0 spiro atoms. The van der Waals surface area contributed by atoms with Crippen LogP contribution in [0, 0.1) is 6.92 Å². The molecule has 0 aliphatic rings. The summed E-state index contributed by atoms with van der Waals surface area (Å²) in [5, 5.41) is 4.33. The van der Waals surface area contributed by atoms with E-state index in [4.69, 9.17) is 0 Å². The van der Waals surface area contributed by atoms with Gasteiger partial charge in [-0.3, -0.25) is 4.68 Å². The Labute approximate surface area is 83.6 Å². The minimum Gasteiger partial charge on any atom is -0.262 e. The Hall–Kier alpha value is -1.64. The molecule has 72 valence electrons. The summed E-state index contributed by atoms with van der Waals surface area (Å²) in [6.07, 6.45) is 2.04. The second-order valence-corrected chi connectivity index (χ2v) is 3.49. The van der Waals surface area contributed by atoms with Crippen molar-refractivity contribution < 1.29 is 4.57 Å². The number of nitrogens with zero attached hydrogens (tertiary/aromatic N) is 3. The molecule has 0 N–H and O–H groups in total. The highest BCUT2D eigenvalue weighted by Crippen LogP contribution is 2.14. The SMILES string of the molecule is Cc1cc(-c2cccc[n+]2C)n(C)n1. The first-order chi connectivity index (χ1) is 6.68. The van der Waals surface area contributed by atoms with Gasteiger partial charge in [-0.25, -0.2) is 0 Å². The molecule has 0 aliphatic heterocycles. The van der Waals surface area contributed by atoms with Crippen LogP contribution < -0.4 is 4.57 Å². The van der Waals surface area contributed by atoms with Crippen LogP contribution >= 0.6 is 0 Å². The van der Waals surface area contributed by atoms with Crippen molar-refractivity contribution in [2.45, 2.75) is 6.92 Å². The maximum atomic E-state index is 4.33. The van der Waals surface area contributed by atoms with Crippen LogP contribution in [0.5, 0.6) is 0 Å². The Morgan fingerprint density at radius 3 is 2.71 bits per heavy atom. The molecular weight excluding hydrogens is 174 g/mol. The summed E-state index contributed by atoms with van der Waals surface area (Å²) in [6, 6.07) is 8.25. The lowest BCUT2D eigenvalue weighted by molar-refractivity contribution is -0.660. The molecule has 0 fully saturated rings. The molecule has 2 rings (SSSR count). The average molecular weight is 188 g/mol. The lowest BCUT2D eigenvalue weighted by atomic mass is 10.2. The summed E-state index contributed by atoms with van der Waals surface area (Å²) in [5.74, 6) is 0. The number of rotatable bonds is 1. The molecule has 0 amide bonds. The van der Waals surface area contributed by atoms with Crippen LogP contribution in [0.1, 0.15) is 5.69 Å². The highest BCUT2D eigenvalue weighted by molar-refractivity contribution is 5.51. The lowest BCUT2D eigenvalue weighted by Gasteiger charge is -1.98. The molecule has 0 radical (unpaired) electrons. The van der Waals surface area contributed by atoms with E-state index in [2.05, 4.69) is 21.8 Å². The third-order valence-corrected chi connectivity index (χ3v) is 2.32. The van der Waals surface area contributed by atoms with Crippen molar-refractivity contribution in [2.24, 2.45) is 14.1 Å². The van der Waals surface area contributed by atoms with Crippen LogP contribution in [0.3, 0.4) is 0 Å². The molecule has 14 heavy (non-hydrogen) atoms. The van der Waals surface area contributed by atoms with E-state index in [0.29, 0.717) is 0 Å². The van der Waals surface area contributed by atoms with Crippen molar-refractivity contribution in [2.75, 3.05) is 0 Å². The lowest BCUT2D eigenvalue weighted by Crippen LogP contribution is -2.30. The smallest absolute Gasteiger partial charge is 0.230 e. The van der Waals surface area contributed by atoms with E-state index in [9.17, 15) is 0 Å². The van der Waals surface area contributed by atoms with Gasteiger partial charge in [-0.05, 0) is 19.1 Å². The van der Waals surface area contributed by atoms with Gasteiger partial charge in [-0.1, -0.05) is 0 Å². The molecule has 3 nitrogen and oxygen atoms in total. The minimum atomic E-state index is 1.05. The number of pyridine rings is 1. The zero-order chi connectivity index (χ0) is 10.1. The normalized spacial score (nSPS) is 10.5. The highest BCUT2D eigenvalue weighted by Gasteiger charge is 2.12. The second kappa shape index (κ2) is 3.25. The molecule has 2 aromatic heterocycles. The molecule has 0 unspecified atom stereocenters. The minimum absolute atomic E-state index is 1.05. The van der Waals surface area contributed by atoms with E-state index in [-0.39, 0.29) is 0 Å². The van der Waals surface area contributed by atoms with Gasteiger partial charge in [-0.15, -0.1) is 0 Å². The van der Waals surface area contributed by atoms with Crippen molar-refractivity contribution in [3.05, 3.63) is 36.2 Å². The summed E-state index contributed by atoms with van der Waals surface area (Å²) in [4.78, 5) is 0. The zero-order valence-electron chi connectivity index (χ0n) is 8.73. The van der Waals surface area contributed by atoms with Gasteiger partial charge in [0.2, 0.25) is 5.69 Å². The second-order valence-electron chi connectivity index (χ2n) is 3.49. The monoisotopic (exact) mass is 188 g/mol. The third kappa shape index (κ3) is 1.41. The number of aryl methyl sites for hydroxylation is 3. The fraction of sp³-hybridized carbons (Fsp3) is 0.273. The number of hydrogen-bond donors (Lipinski definition) is 0. The predicted molar refractivity (Wildman–Crippen MR) is 54.6 cm³/mol. The molecule has 0 aliphatic carbocycles. The van der Waals surface area contributed by atoms with Crippen molar-refractivity contribution in [3.8, 4) is 11.4 Å².